The summed E-state index contributed by atoms with van der Waals surface area (Å²) in [6.45, 7) is 2.87. The second kappa shape index (κ2) is 6.12. The summed E-state index contributed by atoms with van der Waals surface area (Å²) < 4.78 is 15.1. The highest BCUT2D eigenvalue weighted by molar-refractivity contribution is 6.30. The maximum Gasteiger partial charge on any atom is 0.141 e. The Bertz CT molecular complexity index is 555. The SMILES string of the molecule is CCCn1nncc1C(NC)c1ccc(F)c(Cl)c1. The molecule has 0 amide bonds. The van der Waals surface area contributed by atoms with Crippen molar-refractivity contribution < 1.29 is 4.39 Å². The van der Waals surface area contributed by atoms with Gasteiger partial charge in [-0.2, -0.15) is 0 Å². The van der Waals surface area contributed by atoms with Crippen LogP contribution in [0.25, 0.3) is 0 Å². The van der Waals surface area contributed by atoms with Crippen LogP contribution in [0.4, 0.5) is 4.39 Å². The zero-order chi connectivity index (χ0) is 13.8. The monoisotopic (exact) mass is 282 g/mol. The highest BCUT2D eigenvalue weighted by Crippen LogP contribution is 2.25. The van der Waals surface area contributed by atoms with E-state index in [1.54, 1.807) is 18.3 Å². The Morgan fingerprint density at radius 2 is 2.26 bits per heavy atom. The molecule has 0 aliphatic rings. The third-order valence-electron chi connectivity index (χ3n) is 2.94. The van der Waals surface area contributed by atoms with Gasteiger partial charge in [-0.25, -0.2) is 9.07 Å². The molecule has 2 aromatic rings. The molecule has 1 heterocycles. The molecule has 0 saturated heterocycles. The van der Waals surface area contributed by atoms with Gasteiger partial charge in [0.05, 0.1) is 23.0 Å². The highest BCUT2D eigenvalue weighted by atomic mass is 35.5. The summed E-state index contributed by atoms with van der Waals surface area (Å²) in [5, 5.41) is 11.3. The van der Waals surface area contributed by atoms with E-state index in [2.05, 4.69) is 22.6 Å². The number of hydrogen-bond donors (Lipinski definition) is 1. The van der Waals surface area contributed by atoms with Crippen LogP contribution in [0.5, 0.6) is 0 Å². The van der Waals surface area contributed by atoms with Gasteiger partial charge in [-0.3, -0.25) is 0 Å². The lowest BCUT2D eigenvalue weighted by molar-refractivity contribution is 0.523. The minimum atomic E-state index is -0.416. The molecule has 19 heavy (non-hydrogen) atoms. The minimum Gasteiger partial charge on any atom is -0.308 e. The normalized spacial score (nSPS) is 12.6. The maximum absolute atomic E-state index is 13.2. The van der Waals surface area contributed by atoms with Crippen molar-refractivity contribution in [3.63, 3.8) is 0 Å². The fourth-order valence-electron chi connectivity index (χ4n) is 2.05. The molecule has 0 radical (unpaired) electrons. The van der Waals surface area contributed by atoms with E-state index in [0.717, 1.165) is 24.2 Å². The fourth-order valence-corrected chi connectivity index (χ4v) is 2.24. The Hall–Kier alpha value is -1.46. The molecule has 1 aromatic carbocycles. The quantitative estimate of drug-likeness (QED) is 0.917. The van der Waals surface area contributed by atoms with Crippen molar-refractivity contribution in [2.75, 3.05) is 7.05 Å². The van der Waals surface area contributed by atoms with Gasteiger partial charge in [-0.1, -0.05) is 29.8 Å². The summed E-state index contributed by atoms with van der Waals surface area (Å²) in [6, 6.07) is 4.60. The summed E-state index contributed by atoms with van der Waals surface area (Å²) >= 11 is 5.84. The molecule has 2 rings (SSSR count). The Labute approximate surface area is 116 Å². The van der Waals surface area contributed by atoms with E-state index < -0.39 is 5.82 Å². The van der Waals surface area contributed by atoms with E-state index in [1.165, 1.54) is 6.07 Å². The van der Waals surface area contributed by atoms with E-state index in [4.69, 9.17) is 11.6 Å². The predicted octanol–water partition coefficient (Wildman–Crippen LogP) is 2.79. The van der Waals surface area contributed by atoms with Crippen LogP contribution in [0, 0.1) is 5.82 Å². The average Bonchev–Trinajstić information content (AvgIpc) is 2.83. The van der Waals surface area contributed by atoms with Gasteiger partial charge in [0.2, 0.25) is 0 Å². The molecule has 1 unspecified atom stereocenters. The topological polar surface area (TPSA) is 42.7 Å². The van der Waals surface area contributed by atoms with Crippen molar-refractivity contribution in [3.05, 3.63) is 46.5 Å². The van der Waals surface area contributed by atoms with Crippen molar-refractivity contribution in [1.82, 2.24) is 20.3 Å². The summed E-state index contributed by atoms with van der Waals surface area (Å²) in [5.41, 5.74) is 1.82. The average molecular weight is 283 g/mol. The molecule has 0 bridgehead atoms. The van der Waals surface area contributed by atoms with Gasteiger partial charge in [-0.05, 0) is 31.2 Å². The first-order valence-corrected chi connectivity index (χ1v) is 6.55. The Kier molecular flexibility index (Phi) is 4.50. The molecule has 1 atom stereocenters. The highest BCUT2D eigenvalue weighted by Gasteiger charge is 2.18. The maximum atomic E-state index is 13.2. The van der Waals surface area contributed by atoms with Gasteiger partial charge < -0.3 is 5.32 Å². The van der Waals surface area contributed by atoms with E-state index in [0.29, 0.717) is 0 Å². The van der Waals surface area contributed by atoms with Gasteiger partial charge in [-0.15, -0.1) is 5.10 Å². The fraction of sp³-hybridized carbons (Fsp3) is 0.385. The lowest BCUT2D eigenvalue weighted by atomic mass is 10.0. The number of halogens is 2. The van der Waals surface area contributed by atoms with Crippen molar-refractivity contribution in [1.29, 1.82) is 0 Å². The van der Waals surface area contributed by atoms with Gasteiger partial charge >= 0.3 is 0 Å². The third kappa shape index (κ3) is 2.93. The lowest BCUT2D eigenvalue weighted by Gasteiger charge is -2.17. The Balaban J connectivity index is 2.38. The lowest BCUT2D eigenvalue weighted by Crippen LogP contribution is -2.21. The van der Waals surface area contributed by atoms with Crippen molar-refractivity contribution >= 4 is 11.6 Å². The zero-order valence-electron chi connectivity index (χ0n) is 10.9. The Morgan fingerprint density at radius 1 is 1.47 bits per heavy atom. The summed E-state index contributed by atoms with van der Waals surface area (Å²) in [6.07, 6.45) is 2.69. The molecular weight excluding hydrogens is 267 g/mol. The Morgan fingerprint density at radius 3 is 2.89 bits per heavy atom. The van der Waals surface area contributed by atoms with Crippen LogP contribution in [0.3, 0.4) is 0 Å². The number of aromatic nitrogens is 3. The smallest absolute Gasteiger partial charge is 0.141 e. The number of nitrogens with zero attached hydrogens (tertiary/aromatic N) is 3. The number of benzene rings is 1. The number of rotatable bonds is 5. The molecule has 0 spiro atoms. The summed E-state index contributed by atoms with van der Waals surface area (Å²) in [5.74, 6) is -0.416. The van der Waals surface area contributed by atoms with Gasteiger partial charge in [0.1, 0.15) is 5.82 Å². The van der Waals surface area contributed by atoms with Crippen LogP contribution in [0.1, 0.15) is 30.6 Å². The predicted molar refractivity (Wildman–Crippen MR) is 72.6 cm³/mol. The summed E-state index contributed by atoms with van der Waals surface area (Å²) in [7, 11) is 1.84. The molecule has 0 saturated carbocycles. The van der Waals surface area contributed by atoms with Crippen LogP contribution in [-0.4, -0.2) is 22.0 Å². The van der Waals surface area contributed by atoms with Crippen LogP contribution in [-0.2, 0) is 6.54 Å². The van der Waals surface area contributed by atoms with Crippen molar-refractivity contribution in [2.45, 2.75) is 25.9 Å². The number of nitrogens with one attached hydrogen (secondary N) is 1. The second-order valence-corrected chi connectivity index (χ2v) is 4.68. The van der Waals surface area contributed by atoms with Gasteiger partial charge in [0.15, 0.2) is 0 Å². The number of aryl methyl sites for hydroxylation is 1. The second-order valence-electron chi connectivity index (χ2n) is 4.28. The molecule has 0 fully saturated rings. The van der Waals surface area contributed by atoms with Crippen LogP contribution >= 0.6 is 11.6 Å². The summed E-state index contributed by atoms with van der Waals surface area (Å²) in [4.78, 5) is 0. The van der Waals surface area contributed by atoms with Crippen LogP contribution < -0.4 is 5.32 Å². The van der Waals surface area contributed by atoms with E-state index in [-0.39, 0.29) is 11.1 Å². The molecular formula is C13H16ClFN4. The minimum absolute atomic E-state index is 0.111. The molecule has 1 aromatic heterocycles. The third-order valence-corrected chi connectivity index (χ3v) is 3.23. The van der Waals surface area contributed by atoms with E-state index in [1.807, 2.05) is 11.7 Å². The van der Waals surface area contributed by atoms with Crippen molar-refractivity contribution in [2.24, 2.45) is 0 Å². The molecule has 102 valence electrons. The first kappa shape index (κ1) is 14.0. The van der Waals surface area contributed by atoms with Gasteiger partial charge in [0.25, 0.3) is 0 Å². The standard InChI is InChI=1S/C13H16ClFN4/c1-3-6-19-12(8-17-18-19)13(16-2)9-4-5-11(15)10(14)7-9/h4-5,7-8,13,16H,3,6H2,1-2H3. The molecule has 4 nitrogen and oxygen atoms in total. The first-order chi connectivity index (χ1) is 9.17. The van der Waals surface area contributed by atoms with Crippen molar-refractivity contribution in [3.8, 4) is 0 Å². The first-order valence-electron chi connectivity index (χ1n) is 6.18. The largest absolute Gasteiger partial charge is 0.308 e. The van der Waals surface area contributed by atoms with Crippen LogP contribution in [0.2, 0.25) is 5.02 Å². The zero-order valence-corrected chi connectivity index (χ0v) is 11.7. The molecule has 0 aliphatic heterocycles. The molecule has 6 heteroatoms. The van der Waals surface area contributed by atoms with E-state index in [9.17, 15) is 4.39 Å². The molecule has 0 aliphatic carbocycles. The van der Waals surface area contributed by atoms with Gasteiger partial charge in [0, 0.05) is 6.54 Å². The van der Waals surface area contributed by atoms with E-state index >= 15 is 0 Å². The number of hydrogen-bond acceptors (Lipinski definition) is 3. The molecule has 1 N–H and O–H groups in total. The van der Waals surface area contributed by atoms with Crippen LogP contribution in [0.15, 0.2) is 24.4 Å².